The molecule has 2 aliphatic rings. The zero-order valence-electron chi connectivity index (χ0n) is 18.5. The number of Topliss-reactive ketones (excluding diaryl/α,β-unsaturated/α-hetero) is 1. The number of nitrogens with zero attached hydrogens (tertiary/aromatic N) is 1. The number of halogens is 4. The number of amides is 1. The molecule has 0 radical (unpaired) electrons. The first-order chi connectivity index (χ1) is 16.1. The Hall–Kier alpha value is -2.78. The Bertz CT molecular complexity index is 1080. The highest BCUT2D eigenvalue weighted by Crippen LogP contribution is 2.36. The third-order valence-corrected chi connectivity index (χ3v) is 6.52. The highest BCUT2D eigenvalue weighted by atomic mass is 35.5. The summed E-state index contributed by atoms with van der Waals surface area (Å²) in [6.45, 7) is 3.65. The second-order valence-electron chi connectivity index (χ2n) is 8.39. The van der Waals surface area contributed by atoms with Gasteiger partial charge in [-0.3, -0.25) is 14.5 Å². The van der Waals surface area contributed by atoms with Gasteiger partial charge in [-0.05, 0) is 69.3 Å². The largest absolute Gasteiger partial charge is 0.486 e. The van der Waals surface area contributed by atoms with Crippen molar-refractivity contribution in [1.82, 2.24) is 4.90 Å². The summed E-state index contributed by atoms with van der Waals surface area (Å²) in [5, 5.41) is 2.11. The number of benzene rings is 2. The van der Waals surface area contributed by atoms with E-state index < -0.39 is 28.7 Å². The van der Waals surface area contributed by atoms with Crippen molar-refractivity contribution in [3.05, 3.63) is 52.5 Å². The third-order valence-electron chi connectivity index (χ3n) is 6.19. The van der Waals surface area contributed by atoms with Crippen LogP contribution in [0.1, 0.15) is 35.7 Å². The molecule has 0 bridgehead atoms. The molecule has 0 saturated carbocycles. The van der Waals surface area contributed by atoms with E-state index in [0.29, 0.717) is 56.2 Å². The fourth-order valence-corrected chi connectivity index (χ4v) is 4.44. The molecule has 10 heteroatoms. The SMILES string of the molecule is CC(C(=O)Nc1ccc(Cl)c(C(F)(F)F)c1)N1CCC(C(=O)c2ccc3c(c2)OCCO3)CC1. The van der Waals surface area contributed by atoms with Crippen LogP contribution >= 0.6 is 11.6 Å². The van der Waals surface area contributed by atoms with Gasteiger partial charge in [0, 0.05) is 17.2 Å². The van der Waals surface area contributed by atoms with Crippen LogP contribution in [0, 0.1) is 5.92 Å². The number of ether oxygens (including phenoxy) is 2. The van der Waals surface area contributed by atoms with Gasteiger partial charge in [0.05, 0.1) is 16.6 Å². The van der Waals surface area contributed by atoms with Gasteiger partial charge in [0.15, 0.2) is 17.3 Å². The third kappa shape index (κ3) is 5.31. The van der Waals surface area contributed by atoms with E-state index in [-0.39, 0.29) is 17.4 Å². The van der Waals surface area contributed by atoms with E-state index in [1.807, 2.05) is 4.90 Å². The number of rotatable bonds is 5. The molecular weight excluding hydrogens is 473 g/mol. The van der Waals surface area contributed by atoms with Crippen LogP contribution in [0.25, 0.3) is 0 Å². The van der Waals surface area contributed by atoms with E-state index in [4.69, 9.17) is 21.1 Å². The molecule has 182 valence electrons. The van der Waals surface area contributed by atoms with Gasteiger partial charge in [-0.25, -0.2) is 0 Å². The van der Waals surface area contributed by atoms with Crippen LogP contribution < -0.4 is 14.8 Å². The molecule has 2 aromatic rings. The molecule has 1 atom stereocenters. The summed E-state index contributed by atoms with van der Waals surface area (Å²) >= 11 is 5.64. The molecule has 2 aromatic carbocycles. The first kappa shape index (κ1) is 24.3. The fourth-order valence-electron chi connectivity index (χ4n) is 4.21. The normalized spacial score (nSPS) is 17.8. The van der Waals surface area contributed by atoms with Crippen molar-refractivity contribution in [2.75, 3.05) is 31.6 Å². The monoisotopic (exact) mass is 496 g/mol. The standard InChI is InChI=1S/C24H24ClF3N2O4/c1-14(23(32)29-17-3-4-19(25)18(13-17)24(26,27)28)30-8-6-15(7-9-30)22(31)16-2-5-20-21(12-16)34-11-10-33-20/h2-5,12-15H,6-11H2,1H3,(H,29,32). The van der Waals surface area contributed by atoms with Crippen molar-refractivity contribution in [3.8, 4) is 11.5 Å². The minimum absolute atomic E-state index is 0.0228. The van der Waals surface area contributed by atoms with Crippen LogP contribution in [0.4, 0.5) is 18.9 Å². The molecule has 0 aliphatic carbocycles. The van der Waals surface area contributed by atoms with E-state index in [2.05, 4.69) is 5.32 Å². The summed E-state index contributed by atoms with van der Waals surface area (Å²) in [5.74, 6) is 0.609. The lowest BCUT2D eigenvalue weighted by Gasteiger charge is -2.34. The van der Waals surface area contributed by atoms with Crippen LogP contribution in [-0.4, -0.2) is 48.9 Å². The molecule has 6 nitrogen and oxygen atoms in total. The van der Waals surface area contributed by atoms with Crippen molar-refractivity contribution >= 4 is 29.0 Å². The van der Waals surface area contributed by atoms with Crippen molar-refractivity contribution < 1.29 is 32.2 Å². The smallest absolute Gasteiger partial charge is 0.417 e. The Morgan fingerprint density at radius 3 is 2.41 bits per heavy atom. The number of carbonyl (C=O) groups excluding carboxylic acids is 2. The maximum absolute atomic E-state index is 13.1. The maximum Gasteiger partial charge on any atom is 0.417 e. The van der Waals surface area contributed by atoms with Crippen LogP contribution in [0.3, 0.4) is 0 Å². The van der Waals surface area contributed by atoms with Crippen molar-refractivity contribution in [2.45, 2.75) is 32.0 Å². The molecule has 4 rings (SSSR count). The summed E-state index contributed by atoms with van der Waals surface area (Å²) in [7, 11) is 0. The number of likely N-dealkylation sites (tertiary alicyclic amines) is 1. The minimum atomic E-state index is -4.62. The number of hydrogen-bond acceptors (Lipinski definition) is 5. The van der Waals surface area contributed by atoms with Crippen molar-refractivity contribution in [3.63, 3.8) is 0 Å². The van der Waals surface area contributed by atoms with E-state index in [1.165, 1.54) is 6.07 Å². The average molecular weight is 497 g/mol. The summed E-state index contributed by atoms with van der Waals surface area (Å²) < 4.78 is 50.3. The highest BCUT2D eigenvalue weighted by Gasteiger charge is 2.34. The lowest BCUT2D eigenvalue weighted by molar-refractivity contribution is -0.137. The molecule has 2 aliphatic heterocycles. The van der Waals surface area contributed by atoms with Gasteiger partial charge >= 0.3 is 6.18 Å². The molecule has 0 spiro atoms. The summed E-state index contributed by atoms with van der Waals surface area (Å²) in [4.78, 5) is 27.6. The van der Waals surface area contributed by atoms with Gasteiger partial charge in [0.25, 0.3) is 0 Å². The molecular formula is C24H24ClF3N2O4. The zero-order valence-corrected chi connectivity index (χ0v) is 19.2. The van der Waals surface area contributed by atoms with Crippen LogP contribution in [0.5, 0.6) is 11.5 Å². The lowest BCUT2D eigenvalue weighted by atomic mass is 9.88. The van der Waals surface area contributed by atoms with Gasteiger partial charge in [-0.2, -0.15) is 13.2 Å². The van der Waals surface area contributed by atoms with Gasteiger partial charge in [-0.15, -0.1) is 0 Å². The Morgan fingerprint density at radius 2 is 1.74 bits per heavy atom. The number of nitrogens with one attached hydrogen (secondary N) is 1. The maximum atomic E-state index is 13.1. The average Bonchev–Trinajstić information content (AvgIpc) is 2.83. The topological polar surface area (TPSA) is 67.9 Å². The van der Waals surface area contributed by atoms with Gasteiger partial charge in [0.2, 0.25) is 5.91 Å². The number of piperidine rings is 1. The second kappa shape index (κ2) is 9.84. The fraction of sp³-hybridized carbons (Fsp3) is 0.417. The Morgan fingerprint density at radius 1 is 1.06 bits per heavy atom. The number of hydrogen-bond donors (Lipinski definition) is 1. The van der Waals surface area contributed by atoms with Crippen molar-refractivity contribution in [2.24, 2.45) is 5.92 Å². The minimum Gasteiger partial charge on any atom is -0.486 e. The first-order valence-corrected chi connectivity index (χ1v) is 11.4. The number of alkyl halides is 3. The number of carbonyl (C=O) groups is 2. The Balaban J connectivity index is 1.34. The summed E-state index contributed by atoms with van der Waals surface area (Å²) in [6, 6.07) is 7.88. The Kier molecular flexibility index (Phi) is 7.04. The number of anilines is 1. The quantitative estimate of drug-likeness (QED) is 0.587. The van der Waals surface area contributed by atoms with Crippen LogP contribution in [-0.2, 0) is 11.0 Å². The molecule has 1 amide bonds. The second-order valence-corrected chi connectivity index (χ2v) is 8.80. The number of fused-ring (bicyclic) bond motifs is 1. The molecule has 1 saturated heterocycles. The molecule has 0 aromatic heterocycles. The Labute approximate surface area is 200 Å². The highest BCUT2D eigenvalue weighted by molar-refractivity contribution is 6.31. The van der Waals surface area contributed by atoms with E-state index in [9.17, 15) is 22.8 Å². The predicted molar refractivity (Wildman–Crippen MR) is 121 cm³/mol. The molecule has 1 N–H and O–H groups in total. The van der Waals surface area contributed by atoms with E-state index in [0.717, 1.165) is 12.1 Å². The molecule has 34 heavy (non-hydrogen) atoms. The molecule has 1 unspecified atom stereocenters. The van der Waals surface area contributed by atoms with Crippen LogP contribution in [0.2, 0.25) is 5.02 Å². The number of ketones is 1. The lowest BCUT2D eigenvalue weighted by Crippen LogP contribution is -2.47. The van der Waals surface area contributed by atoms with Crippen molar-refractivity contribution in [1.29, 1.82) is 0 Å². The zero-order chi connectivity index (χ0) is 24.5. The van der Waals surface area contributed by atoms with Gasteiger partial charge in [0.1, 0.15) is 13.2 Å². The van der Waals surface area contributed by atoms with Gasteiger partial charge < -0.3 is 14.8 Å². The molecule has 2 heterocycles. The molecule has 1 fully saturated rings. The first-order valence-electron chi connectivity index (χ1n) is 11.0. The summed E-state index contributed by atoms with van der Waals surface area (Å²) in [5.41, 5.74) is -0.410. The summed E-state index contributed by atoms with van der Waals surface area (Å²) in [6.07, 6.45) is -3.47. The predicted octanol–water partition coefficient (Wildman–Crippen LogP) is 5.05. The van der Waals surface area contributed by atoms with Crippen LogP contribution in [0.15, 0.2) is 36.4 Å². The van der Waals surface area contributed by atoms with E-state index in [1.54, 1.807) is 25.1 Å². The van der Waals surface area contributed by atoms with Gasteiger partial charge in [-0.1, -0.05) is 11.6 Å². The van der Waals surface area contributed by atoms with E-state index >= 15 is 0 Å².